The number of hydrogen-bond acceptors (Lipinski definition) is 6. The predicted octanol–water partition coefficient (Wildman–Crippen LogP) is 2.19. The topological polar surface area (TPSA) is 83.8 Å². The highest BCUT2D eigenvalue weighted by Crippen LogP contribution is 2.30. The highest BCUT2D eigenvalue weighted by atomic mass is 16.6. The van der Waals surface area contributed by atoms with Crippen molar-refractivity contribution in [3.8, 4) is 0 Å². The van der Waals surface area contributed by atoms with Crippen LogP contribution in [0.15, 0.2) is 18.3 Å². The number of ether oxygens (including phenoxy) is 3. The Kier molecular flexibility index (Phi) is 7.21. The lowest BCUT2D eigenvalue weighted by atomic mass is 9.88. The molecule has 25 heavy (non-hydrogen) atoms. The van der Waals surface area contributed by atoms with Crippen molar-refractivity contribution in [1.29, 1.82) is 0 Å². The molecule has 1 heterocycles. The summed E-state index contributed by atoms with van der Waals surface area (Å²) >= 11 is 0. The number of aromatic nitrogens is 1. The van der Waals surface area contributed by atoms with Gasteiger partial charge in [-0.25, -0.2) is 0 Å². The smallest absolute Gasteiger partial charge is 0.321 e. The first-order valence-corrected chi connectivity index (χ1v) is 8.29. The van der Waals surface area contributed by atoms with Gasteiger partial charge in [-0.1, -0.05) is 0 Å². The van der Waals surface area contributed by atoms with E-state index in [4.69, 9.17) is 14.2 Å². The number of carbonyl (C=O) groups excluding carboxylic acids is 3. The summed E-state index contributed by atoms with van der Waals surface area (Å²) in [5.41, 5.74) is -0.297. The van der Waals surface area contributed by atoms with Crippen molar-refractivity contribution in [3.05, 3.63) is 24.0 Å². The fourth-order valence-electron chi connectivity index (χ4n) is 2.42. The summed E-state index contributed by atoms with van der Waals surface area (Å²) in [6.45, 7) is 8.59. The molecule has 0 spiro atoms. The first-order chi connectivity index (χ1) is 11.6. The van der Waals surface area contributed by atoms with Crippen LogP contribution in [0.3, 0.4) is 0 Å². The van der Waals surface area contributed by atoms with E-state index in [2.05, 4.69) is 0 Å². The van der Waals surface area contributed by atoms with E-state index in [0.29, 0.717) is 5.69 Å². The van der Waals surface area contributed by atoms with Gasteiger partial charge < -0.3 is 18.8 Å². The van der Waals surface area contributed by atoms with Crippen LogP contribution in [0.1, 0.15) is 46.2 Å². The summed E-state index contributed by atoms with van der Waals surface area (Å²) in [5.74, 6) is -4.88. The van der Waals surface area contributed by atoms with E-state index in [1.807, 2.05) is 0 Å². The minimum Gasteiger partial charge on any atom is -0.465 e. The Balaban J connectivity index is 3.38. The quantitative estimate of drug-likeness (QED) is 0.424. The predicted molar refractivity (Wildman–Crippen MR) is 90.8 cm³/mol. The number of aryl methyl sites for hydroxylation is 1. The second-order valence-electron chi connectivity index (χ2n) is 6.54. The molecule has 7 nitrogen and oxygen atoms in total. The average Bonchev–Trinajstić information content (AvgIpc) is 2.88. The van der Waals surface area contributed by atoms with Crippen LogP contribution in [0.4, 0.5) is 0 Å². The van der Waals surface area contributed by atoms with Crippen molar-refractivity contribution >= 4 is 17.9 Å². The van der Waals surface area contributed by atoms with Crippen molar-refractivity contribution < 1.29 is 28.6 Å². The Morgan fingerprint density at radius 2 is 1.56 bits per heavy atom. The van der Waals surface area contributed by atoms with Crippen LogP contribution in [0.25, 0.3) is 0 Å². The van der Waals surface area contributed by atoms with Crippen LogP contribution in [0.5, 0.6) is 0 Å². The first kappa shape index (κ1) is 20.7. The van der Waals surface area contributed by atoms with Gasteiger partial charge in [0.2, 0.25) is 0 Å². The Bertz CT molecular complexity index is 595. The largest absolute Gasteiger partial charge is 0.465 e. The summed E-state index contributed by atoms with van der Waals surface area (Å²) in [5, 5.41) is 0. The summed E-state index contributed by atoms with van der Waals surface area (Å²) in [6.07, 6.45) is 1.72. The summed E-state index contributed by atoms with van der Waals surface area (Å²) in [4.78, 5) is 37.7. The van der Waals surface area contributed by atoms with E-state index in [1.54, 1.807) is 64.6 Å². The van der Waals surface area contributed by atoms with Gasteiger partial charge in [-0.3, -0.25) is 14.4 Å². The zero-order chi connectivity index (χ0) is 19.2. The molecular formula is C18H27NO6. The Morgan fingerprint density at radius 1 is 1.04 bits per heavy atom. The number of rotatable bonds is 7. The second kappa shape index (κ2) is 8.69. The molecule has 1 atom stereocenters. The van der Waals surface area contributed by atoms with E-state index in [1.165, 1.54) is 0 Å². The zero-order valence-electron chi connectivity index (χ0n) is 15.7. The lowest BCUT2D eigenvalue weighted by Crippen LogP contribution is -2.40. The standard InChI is InChI=1S/C18H27NO6/c1-7-23-15(20)14(16(21)24-8-2)13(12-10-9-11-19(12)6)17(22)25-18(3,4)5/h9-11,13-14H,7-8H2,1-6H3. The molecule has 0 aromatic carbocycles. The van der Waals surface area contributed by atoms with E-state index < -0.39 is 35.3 Å². The van der Waals surface area contributed by atoms with Crippen molar-refractivity contribution in [1.82, 2.24) is 4.57 Å². The molecule has 0 aliphatic rings. The second-order valence-corrected chi connectivity index (χ2v) is 6.54. The van der Waals surface area contributed by atoms with Gasteiger partial charge in [0.25, 0.3) is 0 Å². The van der Waals surface area contributed by atoms with E-state index in [0.717, 1.165) is 0 Å². The van der Waals surface area contributed by atoms with Gasteiger partial charge in [0.1, 0.15) is 11.5 Å². The molecule has 0 amide bonds. The van der Waals surface area contributed by atoms with E-state index in [9.17, 15) is 14.4 Å². The molecule has 0 saturated heterocycles. The van der Waals surface area contributed by atoms with Gasteiger partial charge in [0.05, 0.1) is 13.2 Å². The molecule has 1 unspecified atom stereocenters. The van der Waals surface area contributed by atoms with Gasteiger partial charge >= 0.3 is 17.9 Å². The van der Waals surface area contributed by atoms with Gasteiger partial charge in [-0.05, 0) is 46.8 Å². The normalized spacial score (nSPS) is 12.6. The van der Waals surface area contributed by atoms with Crippen LogP contribution < -0.4 is 0 Å². The van der Waals surface area contributed by atoms with Gasteiger partial charge in [-0.2, -0.15) is 0 Å². The third-order valence-corrected chi connectivity index (χ3v) is 3.38. The van der Waals surface area contributed by atoms with Crippen LogP contribution in [0, 0.1) is 5.92 Å². The number of carbonyl (C=O) groups is 3. The van der Waals surface area contributed by atoms with Gasteiger partial charge in [0, 0.05) is 18.9 Å². The Morgan fingerprint density at radius 3 is 1.92 bits per heavy atom. The molecule has 1 rings (SSSR count). The Labute approximate surface area is 148 Å². The fraction of sp³-hybridized carbons (Fsp3) is 0.611. The average molecular weight is 353 g/mol. The van der Waals surface area contributed by atoms with Crippen LogP contribution >= 0.6 is 0 Å². The van der Waals surface area contributed by atoms with Crippen LogP contribution in [0.2, 0.25) is 0 Å². The fourth-order valence-corrected chi connectivity index (χ4v) is 2.42. The maximum Gasteiger partial charge on any atom is 0.321 e. The molecule has 140 valence electrons. The third kappa shape index (κ3) is 5.62. The van der Waals surface area contributed by atoms with Crippen molar-refractivity contribution in [2.45, 2.75) is 46.1 Å². The summed E-state index contributed by atoms with van der Waals surface area (Å²) < 4.78 is 17.1. The van der Waals surface area contributed by atoms with Gasteiger partial charge in [-0.15, -0.1) is 0 Å². The van der Waals surface area contributed by atoms with Crippen molar-refractivity contribution in [3.63, 3.8) is 0 Å². The molecule has 1 aromatic rings. The highest BCUT2D eigenvalue weighted by Gasteiger charge is 2.45. The highest BCUT2D eigenvalue weighted by molar-refractivity contribution is 6.01. The summed E-state index contributed by atoms with van der Waals surface area (Å²) in [6, 6.07) is 3.39. The SMILES string of the molecule is CCOC(=O)C(C(=O)OCC)C(C(=O)OC(C)(C)C)c1cccn1C. The van der Waals surface area contributed by atoms with Crippen LogP contribution in [-0.4, -0.2) is 41.3 Å². The molecule has 0 aliphatic carbocycles. The molecule has 0 saturated carbocycles. The van der Waals surface area contributed by atoms with Crippen molar-refractivity contribution in [2.24, 2.45) is 13.0 Å². The third-order valence-electron chi connectivity index (χ3n) is 3.38. The Hall–Kier alpha value is -2.31. The lowest BCUT2D eigenvalue weighted by molar-refractivity contribution is -0.172. The zero-order valence-corrected chi connectivity index (χ0v) is 15.7. The van der Waals surface area contributed by atoms with E-state index in [-0.39, 0.29) is 13.2 Å². The first-order valence-electron chi connectivity index (χ1n) is 8.29. The van der Waals surface area contributed by atoms with Crippen LogP contribution in [-0.2, 0) is 35.6 Å². The molecular weight excluding hydrogens is 326 g/mol. The molecule has 7 heteroatoms. The lowest BCUT2D eigenvalue weighted by Gasteiger charge is -2.27. The maximum absolute atomic E-state index is 12.8. The van der Waals surface area contributed by atoms with Crippen molar-refractivity contribution in [2.75, 3.05) is 13.2 Å². The molecule has 0 fully saturated rings. The molecule has 0 N–H and O–H groups in total. The molecule has 0 aliphatic heterocycles. The maximum atomic E-state index is 12.8. The number of nitrogens with zero attached hydrogens (tertiary/aromatic N) is 1. The number of esters is 3. The monoisotopic (exact) mass is 353 g/mol. The number of hydrogen-bond donors (Lipinski definition) is 0. The molecule has 0 bridgehead atoms. The minimum atomic E-state index is -1.43. The van der Waals surface area contributed by atoms with E-state index >= 15 is 0 Å². The summed E-state index contributed by atoms with van der Waals surface area (Å²) in [7, 11) is 1.72. The molecule has 0 radical (unpaired) electrons. The minimum absolute atomic E-state index is 0.0862. The van der Waals surface area contributed by atoms with Gasteiger partial charge in [0.15, 0.2) is 5.92 Å². The molecule has 1 aromatic heterocycles.